The van der Waals surface area contributed by atoms with Gasteiger partial charge in [-0.15, -0.1) is 0 Å². The van der Waals surface area contributed by atoms with Crippen LogP contribution < -0.4 is 10.6 Å². The molecule has 71 heavy (non-hydrogen) atoms. The first-order chi connectivity index (χ1) is 33.9. The van der Waals surface area contributed by atoms with Crippen molar-refractivity contribution < 1.29 is 114 Å². The van der Waals surface area contributed by atoms with Crippen LogP contribution in [0.3, 0.4) is 0 Å². The van der Waals surface area contributed by atoms with Crippen LogP contribution in [-0.2, 0) is 47.5 Å². The lowest BCUT2D eigenvalue weighted by Gasteiger charge is -2.50. The van der Waals surface area contributed by atoms with Crippen LogP contribution in [-0.4, -0.2) is 246 Å². The summed E-state index contributed by atoms with van der Waals surface area (Å²) >= 11 is 0. The van der Waals surface area contributed by atoms with Gasteiger partial charge in [0.15, 0.2) is 25.2 Å². The van der Waals surface area contributed by atoms with Gasteiger partial charge in [-0.05, 0) is 12.8 Å². The van der Waals surface area contributed by atoms with Gasteiger partial charge >= 0.3 is 0 Å². The Morgan fingerprint density at radius 3 is 1.52 bits per heavy atom. The maximum atomic E-state index is 12.4. The van der Waals surface area contributed by atoms with Crippen LogP contribution in [0.4, 0.5) is 0 Å². The molecule has 0 saturated carbocycles. The van der Waals surface area contributed by atoms with Crippen molar-refractivity contribution in [2.75, 3.05) is 33.0 Å². The lowest BCUT2D eigenvalue weighted by Crippen LogP contribution is -2.69. The fourth-order valence-corrected chi connectivity index (χ4v) is 9.05. The van der Waals surface area contributed by atoms with E-state index in [0.29, 0.717) is 6.42 Å². The second-order valence-corrected chi connectivity index (χ2v) is 18.7. The molecule has 4 rings (SSSR count). The van der Waals surface area contributed by atoms with E-state index >= 15 is 0 Å². The fraction of sp³-hybridized carbons (Fsp3) is 0.913. The Morgan fingerprint density at radius 2 is 0.986 bits per heavy atom. The SMILES string of the molecule is CCCCCCCCCCCCC/C=C/[C@@H](O)[C@H](COC1O[C@H](CO)[C@@H](O[C@@H]2O[C@H](CO)[C@H](O)[C@H](O[C@@H]3O[C@H](CO)[C@@H](O[C@@H]4O[C@H](CO)[C@H](O)[C@H](O)[C@H]4O)[C@H](O)[C@H]3NC(C)=O)[C@H]2O)[C@H](O)[C@H]1O)NC(C)=O. The largest absolute Gasteiger partial charge is 0.394 e. The van der Waals surface area contributed by atoms with E-state index in [4.69, 9.17) is 37.9 Å². The standard InChI is InChI=1S/C46H82N2O23/c1-4-5-6-7-8-9-10-11-12-13-14-15-16-17-26(55)25(47-23(2)53)22-64-44-38(62)36(60)41(30(21-52)68-44)70-46-39(63)42(33(57)28(19-50)66-46)71-43-31(48-24(3)54)34(58)40(29(20-51)67-43)69-45-37(61)35(59)32(56)27(18-49)65-45/h16-17,25-46,49-52,55-63H,4-15,18-22H2,1-3H3,(H,47,53)(H,48,54)/b17-16+/t25-,26+,27+,28+,29+,30+,31+,32-,33-,34+,35-,36+,37+,38+,39+,40+,41+,42-,43-,44?,45-,46-/m0/s1. The van der Waals surface area contributed by atoms with E-state index in [2.05, 4.69) is 17.6 Å². The number of aliphatic hydroxyl groups excluding tert-OH is 13. The molecule has 25 heteroatoms. The van der Waals surface area contributed by atoms with E-state index in [1.54, 1.807) is 0 Å². The Morgan fingerprint density at radius 1 is 0.521 bits per heavy atom. The molecular formula is C46H82N2O23. The Labute approximate surface area is 413 Å². The summed E-state index contributed by atoms with van der Waals surface area (Å²) in [7, 11) is 0. The molecule has 0 aromatic carbocycles. The summed E-state index contributed by atoms with van der Waals surface area (Å²) in [6, 6.07) is -2.67. The molecule has 4 aliphatic heterocycles. The molecular weight excluding hydrogens is 948 g/mol. The number of ether oxygens (including phenoxy) is 8. The number of rotatable bonds is 29. The average molecular weight is 1030 g/mol. The van der Waals surface area contributed by atoms with E-state index < -0.39 is 180 Å². The minimum Gasteiger partial charge on any atom is -0.394 e. The molecule has 0 aromatic rings. The number of carbonyl (C=O) groups excluding carboxylic acids is 2. The maximum Gasteiger partial charge on any atom is 0.217 e. The smallest absolute Gasteiger partial charge is 0.217 e. The van der Waals surface area contributed by atoms with Crippen molar-refractivity contribution in [1.82, 2.24) is 10.6 Å². The molecule has 4 fully saturated rings. The Balaban J connectivity index is 1.38. The van der Waals surface area contributed by atoms with Crippen LogP contribution in [0.1, 0.15) is 97.8 Å². The summed E-state index contributed by atoms with van der Waals surface area (Å²) in [6.45, 7) is 0.541. The molecule has 1 unspecified atom stereocenters. The Kier molecular flexibility index (Phi) is 26.8. The summed E-state index contributed by atoms with van der Waals surface area (Å²) in [5.74, 6) is -1.26. The van der Waals surface area contributed by atoms with Crippen LogP contribution in [0.5, 0.6) is 0 Å². The molecule has 15 N–H and O–H groups in total. The fourth-order valence-electron chi connectivity index (χ4n) is 9.05. The molecule has 0 radical (unpaired) electrons. The van der Waals surface area contributed by atoms with E-state index in [9.17, 15) is 76.0 Å². The number of allylic oxidation sites excluding steroid dienone is 1. The second-order valence-electron chi connectivity index (χ2n) is 18.7. The molecule has 25 nitrogen and oxygen atoms in total. The normalized spacial score (nSPS) is 38.8. The Bertz CT molecular complexity index is 1550. The lowest BCUT2D eigenvalue weighted by atomic mass is 9.94. The number of unbranched alkanes of at least 4 members (excludes halogenated alkanes) is 11. The van der Waals surface area contributed by atoms with Crippen molar-refractivity contribution >= 4 is 11.8 Å². The first-order valence-corrected chi connectivity index (χ1v) is 24.9. The van der Waals surface area contributed by atoms with E-state index in [1.165, 1.54) is 64.4 Å². The first kappa shape index (κ1) is 61.4. The molecule has 2 amide bonds. The van der Waals surface area contributed by atoms with Crippen molar-refractivity contribution in [2.24, 2.45) is 0 Å². The van der Waals surface area contributed by atoms with Crippen molar-refractivity contribution in [3.8, 4) is 0 Å². The molecule has 4 heterocycles. The zero-order chi connectivity index (χ0) is 52.4. The van der Waals surface area contributed by atoms with Gasteiger partial charge in [-0.3, -0.25) is 9.59 Å². The van der Waals surface area contributed by atoms with Gasteiger partial charge in [0.2, 0.25) is 11.8 Å². The highest BCUT2D eigenvalue weighted by Crippen LogP contribution is 2.35. The van der Waals surface area contributed by atoms with Crippen LogP contribution in [0.2, 0.25) is 0 Å². The molecule has 0 bridgehead atoms. The highest BCUT2D eigenvalue weighted by atomic mass is 16.8. The summed E-state index contributed by atoms with van der Waals surface area (Å²) < 4.78 is 45.8. The topological polar surface area (TPSA) is 395 Å². The lowest BCUT2D eigenvalue weighted by molar-refractivity contribution is -0.381. The highest BCUT2D eigenvalue weighted by molar-refractivity contribution is 5.73. The van der Waals surface area contributed by atoms with Crippen molar-refractivity contribution in [3.63, 3.8) is 0 Å². The Hall–Kier alpha value is -2.16. The quantitative estimate of drug-likeness (QED) is 0.0248. The monoisotopic (exact) mass is 1030 g/mol. The first-order valence-electron chi connectivity index (χ1n) is 24.9. The van der Waals surface area contributed by atoms with E-state index in [0.717, 1.165) is 26.2 Å². The maximum absolute atomic E-state index is 12.4. The number of amides is 2. The molecule has 0 spiro atoms. The van der Waals surface area contributed by atoms with Gasteiger partial charge in [0, 0.05) is 13.8 Å². The zero-order valence-electron chi connectivity index (χ0n) is 40.8. The molecule has 22 atom stereocenters. The van der Waals surface area contributed by atoms with Gasteiger partial charge < -0.3 is 115 Å². The summed E-state index contributed by atoms with van der Waals surface area (Å²) in [5, 5.41) is 144. The molecule has 4 saturated heterocycles. The number of hydrogen-bond donors (Lipinski definition) is 15. The number of carbonyl (C=O) groups is 2. The van der Waals surface area contributed by atoms with E-state index in [1.807, 2.05) is 6.08 Å². The van der Waals surface area contributed by atoms with Crippen LogP contribution in [0.15, 0.2) is 12.2 Å². The molecule has 0 aromatic heterocycles. The predicted octanol–water partition coefficient (Wildman–Crippen LogP) is -4.46. The summed E-state index contributed by atoms with van der Waals surface area (Å²) in [5.41, 5.74) is 0. The van der Waals surface area contributed by atoms with Gasteiger partial charge in [-0.25, -0.2) is 0 Å². The third-order valence-electron chi connectivity index (χ3n) is 13.1. The molecule has 4 aliphatic rings. The van der Waals surface area contributed by atoms with Crippen molar-refractivity contribution in [1.29, 1.82) is 0 Å². The van der Waals surface area contributed by atoms with Gasteiger partial charge in [0.25, 0.3) is 0 Å². The average Bonchev–Trinajstić information content (AvgIpc) is 3.34. The van der Waals surface area contributed by atoms with Crippen LogP contribution in [0, 0.1) is 0 Å². The minimum atomic E-state index is -2.08. The van der Waals surface area contributed by atoms with Gasteiger partial charge in [0.1, 0.15) is 97.6 Å². The van der Waals surface area contributed by atoms with E-state index in [-0.39, 0.29) is 0 Å². The number of nitrogens with one attached hydrogen (secondary N) is 2. The van der Waals surface area contributed by atoms with Crippen LogP contribution in [0.25, 0.3) is 0 Å². The van der Waals surface area contributed by atoms with Crippen molar-refractivity contribution in [2.45, 2.75) is 233 Å². The van der Waals surface area contributed by atoms with Gasteiger partial charge in [-0.1, -0.05) is 83.3 Å². The molecule has 0 aliphatic carbocycles. The second kappa shape index (κ2) is 31.0. The third kappa shape index (κ3) is 17.4. The zero-order valence-corrected chi connectivity index (χ0v) is 40.8. The molecule has 414 valence electrons. The van der Waals surface area contributed by atoms with Crippen molar-refractivity contribution in [3.05, 3.63) is 12.2 Å². The van der Waals surface area contributed by atoms with Gasteiger partial charge in [0.05, 0.1) is 45.2 Å². The minimum absolute atomic E-state index is 0.420. The third-order valence-corrected chi connectivity index (χ3v) is 13.1. The predicted molar refractivity (Wildman–Crippen MR) is 243 cm³/mol. The van der Waals surface area contributed by atoms with Crippen LogP contribution >= 0.6 is 0 Å². The number of aliphatic hydroxyl groups is 13. The van der Waals surface area contributed by atoms with Gasteiger partial charge in [-0.2, -0.15) is 0 Å². The summed E-state index contributed by atoms with van der Waals surface area (Å²) in [6.07, 6.45) is -18.0. The summed E-state index contributed by atoms with van der Waals surface area (Å²) in [4.78, 5) is 24.5. The highest BCUT2D eigenvalue weighted by Gasteiger charge is 2.56. The number of hydrogen-bond acceptors (Lipinski definition) is 23.